The fourth-order valence-corrected chi connectivity index (χ4v) is 3.44. The molecule has 0 saturated heterocycles. The molecule has 139 valence electrons. The molecule has 0 fully saturated rings. The van der Waals surface area contributed by atoms with E-state index in [9.17, 15) is 0 Å². The standard InChI is InChI=1S/C24H26NO2/c1-3-27-19-18-25-24(20-10-6-4-7-11-20,21-12-8-5-9-13-21)22-14-16-23(26-2)17-15-22/h4-17,25H,1,3,18-19H2,2H3. The van der Waals surface area contributed by atoms with E-state index in [1.54, 1.807) is 7.11 Å². The first-order valence-electron chi connectivity index (χ1n) is 9.19. The van der Waals surface area contributed by atoms with Crippen molar-refractivity contribution in [3.8, 4) is 5.75 Å². The van der Waals surface area contributed by atoms with Gasteiger partial charge in [-0.15, -0.1) is 0 Å². The molecular weight excluding hydrogens is 334 g/mol. The van der Waals surface area contributed by atoms with Crippen molar-refractivity contribution in [1.29, 1.82) is 0 Å². The van der Waals surface area contributed by atoms with E-state index in [1.807, 2.05) is 24.3 Å². The summed E-state index contributed by atoms with van der Waals surface area (Å²) in [4.78, 5) is 0. The highest BCUT2D eigenvalue weighted by Gasteiger charge is 2.35. The summed E-state index contributed by atoms with van der Waals surface area (Å²) in [6, 6.07) is 29.3. The van der Waals surface area contributed by atoms with Crippen molar-refractivity contribution in [1.82, 2.24) is 5.32 Å². The van der Waals surface area contributed by atoms with Crippen LogP contribution in [-0.2, 0) is 10.3 Å². The Bertz CT molecular complexity index is 761. The Labute approximate surface area is 162 Å². The summed E-state index contributed by atoms with van der Waals surface area (Å²) in [6.07, 6.45) is 0. The first kappa shape index (κ1) is 19.2. The van der Waals surface area contributed by atoms with Crippen molar-refractivity contribution in [2.24, 2.45) is 0 Å². The van der Waals surface area contributed by atoms with Gasteiger partial charge in [-0.25, -0.2) is 0 Å². The summed E-state index contributed by atoms with van der Waals surface area (Å²) in [5.74, 6) is 0.842. The lowest BCUT2D eigenvalue weighted by atomic mass is 9.77. The Balaban J connectivity index is 2.14. The van der Waals surface area contributed by atoms with Gasteiger partial charge >= 0.3 is 0 Å². The predicted octanol–water partition coefficient (Wildman–Crippen LogP) is 4.43. The molecule has 0 heterocycles. The largest absolute Gasteiger partial charge is 0.497 e. The molecule has 3 aromatic carbocycles. The van der Waals surface area contributed by atoms with E-state index in [0.29, 0.717) is 19.8 Å². The third-order valence-corrected chi connectivity index (χ3v) is 4.72. The zero-order chi connectivity index (χ0) is 19.0. The molecule has 0 saturated carbocycles. The van der Waals surface area contributed by atoms with Gasteiger partial charge in [0.25, 0.3) is 0 Å². The Hall–Kier alpha value is -2.62. The summed E-state index contributed by atoms with van der Waals surface area (Å²) in [7, 11) is 1.69. The Morgan fingerprint density at radius 1 is 0.778 bits per heavy atom. The van der Waals surface area contributed by atoms with E-state index in [2.05, 4.69) is 72.9 Å². The lowest BCUT2D eigenvalue weighted by Crippen LogP contribution is -2.46. The molecule has 0 aromatic heterocycles. The average Bonchev–Trinajstić information content (AvgIpc) is 2.75. The first-order chi connectivity index (χ1) is 13.3. The van der Waals surface area contributed by atoms with Gasteiger partial charge in [0.2, 0.25) is 0 Å². The molecule has 0 spiro atoms. The Kier molecular flexibility index (Phi) is 6.64. The molecule has 0 aliphatic rings. The summed E-state index contributed by atoms with van der Waals surface area (Å²) in [6.45, 7) is 5.51. The number of methoxy groups -OCH3 is 1. The Morgan fingerprint density at radius 3 is 1.78 bits per heavy atom. The van der Waals surface area contributed by atoms with E-state index >= 15 is 0 Å². The van der Waals surface area contributed by atoms with Gasteiger partial charge in [-0.1, -0.05) is 72.8 Å². The van der Waals surface area contributed by atoms with E-state index < -0.39 is 5.54 Å². The van der Waals surface area contributed by atoms with Gasteiger partial charge in [0.15, 0.2) is 0 Å². The smallest absolute Gasteiger partial charge is 0.118 e. The quantitative estimate of drug-likeness (QED) is 0.452. The van der Waals surface area contributed by atoms with Crippen LogP contribution >= 0.6 is 0 Å². The Morgan fingerprint density at radius 2 is 1.30 bits per heavy atom. The van der Waals surface area contributed by atoms with Gasteiger partial charge in [-0.2, -0.15) is 0 Å². The second-order valence-electron chi connectivity index (χ2n) is 6.25. The van der Waals surface area contributed by atoms with E-state index in [4.69, 9.17) is 9.47 Å². The maximum Gasteiger partial charge on any atom is 0.118 e. The van der Waals surface area contributed by atoms with Crippen LogP contribution in [0.2, 0.25) is 0 Å². The van der Waals surface area contributed by atoms with Gasteiger partial charge in [-0.3, -0.25) is 5.32 Å². The molecule has 3 aromatic rings. The highest BCUT2D eigenvalue weighted by molar-refractivity contribution is 5.50. The minimum absolute atomic E-state index is 0.466. The average molecular weight is 360 g/mol. The van der Waals surface area contributed by atoms with Crippen LogP contribution in [-0.4, -0.2) is 26.9 Å². The molecule has 0 unspecified atom stereocenters. The normalized spacial score (nSPS) is 11.3. The molecule has 0 amide bonds. The summed E-state index contributed by atoms with van der Waals surface area (Å²) in [5, 5.41) is 3.76. The molecule has 0 aliphatic carbocycles. The third-order valence-electron chi connectivity index (χ3n) is 4.72. The molecule has 0 aliphatic heterocycles. The number of hydrogen-bond acceptors (Lipinski definition) is 3. The molecule has 0 bridgehead atoms. The molecule has 3 nitrogen and oxygen atoms in total. The van der Waals surface area contributed by atoms with Crippen LogP contribution in [0.4, 0.5) is 0 Å². The van der Waals surface area contributed by atoms with Crippen molar-refractivity contribution < 1.29 is 9.47 Å². The molecule has 3 heteroatoms. The number of hydrogen-bond donors (Lipinski definition) is 1. The SMILES string of the molecule is [CH2]COCCNC(c1ccccc1)(c1ccccc1)c1ccc(OC)cc1. The predicted molar refractivity (Wildman–Crippen MR) is 110 cm³/mol. The third kappa shape index (κ3) is 4.21. The van der Waals surface area contributed by atoms with Crippen molar-refractivity contribution in [2.75, 3.05) is 26.9 Å². The molecule has 1 N–H and O–H groups in total. The van der Waals surface area contributed by atoms with Crippen LogP contribution in [0, 0.1) is 6.92 Å². The van der Waals surface area contributed by atoms with Gasteiger partial charge in [0.05, 0.1) is 19.3 Å². The molecule has 1 radical (unpaired) electrons. The van der Waals surface area contributed by atoms with Crippen LogP contribution in [0.3, 0.4) is 0 Å². The van der Waals surface area contributed by atoms with Crippen molar-refractivity contribution >= 4 is 0 Å². The fourth-order valence-electron chi connectivity index (χ4n) is 3.44. The molecular formula is C24H26NO2. The minimum atomic E-state index is -0.487. The second-order valence-corrected chi connectivity index (χ2v) is 6.25. The van der Waals surface area contributed by atoms with E-state index in [0.717, 1.165) is 11.3 Å². The second kappa shape index (κ2) is 9.36. The number of benzene rings is 3. The van der Waals surface area contributed by atoms with Crippen LogP contribution in [0.1, 0.15) is 16.7 Å². The summed E-state index contributed by atoms with van der Waals surface area (Å²) < 4.78 is 10.8. The van der Waals surface area contributed by atoms with Gasteiger partial charge < -0.3 is 9.47 Å². The van der Waals surface area contributed by atoms with E-state index in [-0.39, 0.29) is 0 Å². The maximum absolute atomic E-state index is 5.48. The monoisotopic (exact) mass is 360 g/mol. The maximum atomic E-state index is 5.48. The number of ether oxygens (including phenoxy) is 2. The highest BCUT2D eigenvalue weighted by atomic mass is 16.5. The molecule has 0 atom stereocenters. The van der Waals surface area contributed by atoms with Gasteiger partial charge in [0.1, 0.15) is 5.75 Å². The highest BCUT2D eigenvalue weighted by Crippen LogP contribution is 2.37. The van der Waals surface area contributed by atoms with Crippen molar-refractivity contribution in [3.63, 3.8) is 0 Å². The topological polar surface area (TPSA) is 30.5 Å². The zero-order valence-corrected chi connectivity index (χ0v) is 15.7. The minimum Gasteiger partial charge on any atom is -0.497 e. The van der Waals surface area contributed by atoms with Crippen molar-refractivity contribution in [3.05, 3.63) is 109 Å². The number of nitrogens with one attached hydrogen (secondary N) is 1. The van der Waals surface area contributed by atoms with E-state index in [1.165, 1.54) is 11.1 Å². The zero-order valence-electron chi connectivity index (χ0n) is 15.7. The molecule has 3 rings (SSSR count). The van der Waals surface area contributed by atoms with Gasteiger partial charge in [0, 0.05) is 13.2 Å². The van der Waals surface area contributed by atoms with Crippen LogP contribution in [0.15, 0.2) is 84.9 Å². The van der Waals surface area contributed by atoms with Crippen molar-refractivity contribution in [2.45, 2.75) is 5.54 Å². The lowest BCUT2D eigenvalue weighted by Gasteiger charge is -2.37. The lowest BCUT2D eigenvalue weighted by molar-refractivity contribution is 0.157. The molecule has 27 heavy (non-hydrogen) atoms. The number of rotatable bonds is 9. The fraction of sp³-hybridized carbons (Fsp3) is 0.208. The summed E-state index contributed by atoms with van der Waals surface area (Å²) >= 11 is 0. The van der Waals surface area contributed by atoms with Crippen LogP contribution in [0.5, 0.6) is 5.75 Å². The summed E-state index contributed by atoms with van der Waals surface area (Å²) in [5.41, 5.74) is 3.02. The van der Waals surface area contributed by atoms with Crippen LogP contribution < -0.4 is 10.1 Å². The first-order valence-corrected chi connectivity index (χ1v) is 9.19. The van der Waals surface area contributed by atoms with Gasteiger partial charge in [-0.05, 0) is 35.7 Å². The van der Waals surface area contributed by atoms with Crippen LogP contribution in [0.25, 0.3) is 0 Å².